The fraction of sp³-hybridized carbons (Fsp3) is 0.333. The first-order valence-electron chi connectivity index (χ1n) is 11.3. The summed E-state index contributed by atoms with van der Waals surface area (Å²) in [6.45, 7) is 1.49. The molecule has 10 nitrogen and oxygen atoms in total. The summed E-state index contributed by atoms with van der Waals surface area (Å²) >= 11 is 0. The number of carbonyl (C=O) groups is 1. The van der Waals surface area contributed by atoms with Gasteiger partial charge in [-0.3, -0.25) is 14.7 Å². The lowest BCUT2D eigenvalue weighted by Crippen LogP contribution is -2.17. The third kappa shape index (κ3) is 6.10. The van der Waals surface area contributed by atoms with Gasteiger partial charge >= 0.3 is 0 Å². The van der Waals surface area contributed by atoms with E-state index in [0.717, 1.165) is 60.3 Å². The molecule has 3 N–H and O–H groups in total. The van der Waals surface area contributed by atoms with E-state index in [1.54, 1.807) is 18.8 Å². The molecule has 0 spiro atoms. The van der Waals surface area contributed by atoms with Crippen molar-refractivity contribution in [3.8, 4) is 5.75 Å². The Morgan fingerprint density at radius 1 is 1.09 bits per heavy atom. The number of benzene rings is 1. The van der Waals surface area contributed by atoms with E-state index in [0.29, 0.717) is 18.9 Å². The summed E-state index contributed by atoms with van der Waals surface area (Å²) in [5, 5.41) is 17.1. The van der Waals surface area contributed by atoms with Crippen LogP contribution in [0.5, 0.6) is 5.75 Å². The van der Waals surface area contributed by atoms with Crippen molar-refractivity contribution in [2.75, 3.05) is 12.4 Å². The van der Waals surface area contributed by atoms with Gasteiger partial charge in [0.25, 0.3) is 0 Å². The topological polar surface area (TPSA) is 119 Å². The van der Waals surface area contributed by atoms with Crippen LogP contribution in [-0.4, -0.2) is 42.5 Å². The molecule has 3 aromatic heterocycles. The van der Waals surface area contributed by atoms with Crippen LogP contribution in [0.1, 0.15) is 37.7 Å². The van der Waals surface area contributed by atoms with E-state index in [-0.39, 0.29) is 5.91 Å². The Bertz CT molecular complexity index is 1220. The zero-order chi connectivity index (χ0) is 23.8. The van der Waals surface area contributed by atoms with Crippen LogP contribution < -0.4 is 15.5 Å². The monoisotopic (exact) mass is 463 g/mol. The molecular formula is C24H29N7O3. The van der Waals surface area contributed by atoms with Crippen LogP contribution in [0.25, 0.3) is 11.0 Å². The van der Waals surface area contributed by atoms with Crippen LogP contribution in [0.15, 0.2) is 55.1 Å². The lowest BCUT2D eigenvalue weighted by molar-refractivity contribution is -0.129. The minimum absolute atomic E-state index is 0.337. The highest BCUT2D eigenvalue weighted by molar-refractivity contribution is 5.77. The Balaban J connectivity index is 1.32. The Morgan fingerprint density at radius 2 is 1.91 bits per heavy atom. The average molecular weight is 464 g/mol. The van der Waals surface area contributed by atoms with E-state index >= 15 is 0 Å². The minimum atomic E-state index is -0.337. The highest BCUT2D eigenvalue weighted by Gasteiger charge is 2.08. The number of unbranched alkanes of at least 4 members (excludes halogenated alkanes) is 3. The molecule has 0 aliphatic carbocycles. The maximum Gasteiger partial charge on any atom is 0.243 e. The summed E-state index contributed by atoms with van der Waals surface area (Å²) in [5.74, 6) is 1.02. The number of hydroxylamine groups is 1. The van der Waals surface area contributed by atoms with Crippen LogP contribution in [0.2, 0.25) is 0 Å². The number of rotatable bonds is 12. The second-order valence-electron chi connectivity index (χ2n) is 8.08. The molecule has 178 valence electrons. The standard InChI is InChI=1S/C24H29N7O3/c1-34-21-9-7-18(8-10-21)16-30-13-11-19-14-25-24(28-23(19)30)27-20-15-26-31(17-20)12-5-3-2-4-6-22(32)29-33/h7-11,13-15,17,33H,2-6,12,16H2,1H3,(H,29,32)(H,25,27,28). The van der Waals surface area contributed by atoms with E-state index in [1.807, 2.05) is 53.6 Å². The number of hydrogen-bond acceptors (Lipinski definition) is 7. The van der Waals surface area contributed by atoms with Crippen molar-refractivity contribution in [3.63, 3.8) is 0 Å². The summed E-state index contributed by atoms with van der Waals surface area (Å²) < 4.78 is 9.21. The zero-order valence-corrected chi connectivity index (χ0v) is 19.1. The van der Waals surface area contributed by atoms with Gasteiger partial charge in [0.05, 0.1) is 19.0 Å². The summed E-state index contributed by atoms with van der Waals surface area (Å²) in [7, 11) is 1.66. The van der Waals surface area contributed by atoms with Gasteiger partial charge in [-0.1, -0.05) is 25.0 Å². The molecule has 0 fully saturated rings. The van der Waals surface area contributed by atoms with Crippen molar-refractivity contribution >= 4 is 28.6 Å². The van der Waals surface area contributed by atoms with Crippen molar-refractivity contribution in [2.45, 2.75) is 45.2 Å². The molecule has 34 heavy (non-hydrogen) atoms. The number of anilines is 2. The van der Waals surface area contributed by atoms with Crippen LogP contribution in [-0.2, 0) is 17.9 Å². The van der Waals surface area contributed by atoms with Gasteiger partial charge in [-0.05, 0) is 36.6 Å². The smallest absolute Gasteiger partial charge is 0.243 e. The molecule has 10 heteroatoms. The number of fused-ring (bicyclic) bond motifs is 1. The Labute approximate surface area is 197 Å². The lowest BCUT2D eigenvalue weighted by atomic mass is 10.1. The second kappa shape index (κ2) is 11.3. The van der Waals surface area contributed by atoms with Gasteiger partial charge in [0.1, 0.15) is 11.4 Å². The number of amides is 1. The number of nitrogens with one attached hydrogen (secondary N) is 2. The van der Waals surface area contributed by atoms with Gasteiger partial charge in [0.2, 0.25) is 11.9 Å². The molecule has 0 saturated carbocycles. The number of methoxy groups -OCH3 is 1. The van der Waals surface area contributed by atoms with E-state index < -0.39 is 0 Å². The highest BCUT2D eigenvalue weighted by atomic mass is 16.5. The van der Waals surface area contributed by atoms with Crippen LogP contribution in [0.4, 0.5) is 11.6 Å². The van der Waals surface area contributed by atoms with Crippen LogP contribution in [0.3, 0.4) is 0 Å². The van der Waals surface area contributed by atoms with Crippen molar-refractivity contribution in [2.24, 2.45) is 0 Å². The first-order chi connectivity index (χ1) is 16.6. The fourth-order valence-electron chi connectivity index (χ4n) is 3.73. The average Bonchev–Trinajstić information content (AvgIpc) is 3.48. The van der Waals surface area contributed by atoms with Gasteiger partial charge < -0.3 is 14.6 Å². The summed E-state index contributed by atoms with van der Waals surface area (Å²) in [4.78, 5) is 20.1. The maximum atomic E-state index is 11.0. The molecule has 0 aliphatic heterocycles. The molecule has 0 radical (unpaired) electrons. The quantitative estimate of drug-likeness (QED) is 0.166. The molecule has 4 rings (SSSR count). The van der Waals surface area contributed by atoms with Gasteiger partial charge in [0.15, 0.2) is 0 Å². The Morgan fingerprint density at radius 3 is 2.71 bits per heavy atom. The maximum absolute atomic E-state index is 11.0. The van der Waals surface area contributed by atoms with Crippen molar-refractivity contribution < 1.29 is 14.7 Å². The molecule has 3 heterocycles. The summed E-state index contributed by atoms with van der Waals surface area (Å²) in [5.41, 5.74) is 4.49. The van der Waals surface area contributed by atoms with E-state index in [1.165, 1.54) is 0 Å². The van der Waals surface area contributed by atoms with E-state index in [2.05, 4.69) is 20.0 Å². The number of ether oxygens (including phenoxy) is 1. The van der Waals surface area contributed by atoms with Gasteiger partial charge in [-0.25, -0.2) is 10.5 Å². The molecule has 0 aliphatic rings. The molecule has 1 amide bonds. The highest BCUT2D eigenvalue weighted by Crippen LogP contribution is 2.20. The zero-order valence-electron chi connectivity index (χ0n) is 19.1. The SMILES string of the molecule is COc1ccc(Cn2ccc3cnc(Nc4cnn(CCCCCCC(=O)NO)c4)nc32)cc1. The minimum Gasteiger partial charge on any atom is -0.497 e. The number of aryl methyl sites for hydroxylation is 1. The number of aromatic nitrogens is 5. The first-order valence-corrected chi connectivity index (χ1v) is 11.3. The van der Waals surface area contributed by atoms with E-state index in [4.69, 9.17) is 14.9 Å². The molecule has 4 aromatic rings. The van der Waals surface area contributed by atoms with Crippen molar-refractivity contribution in [1.82, 2.24) is 29.8 Å². The normalized spacial score (nSPS) is 11.0. The van der Waals surface area contributed by atoms with Crippen molar-refractivity contribution in [3.05, 3.63) is 60.7 Å². The van der Waals surface area contributed by atoms with Crippen molar-refractivity contribution in [1.29, 1.82) is 0 Å². The fourth-order valence-corrected chi connectivity index (χ4v) is 3.73. The molecule has 0 bridgehead atoms. The van der Waals surface area contributed by atoms with E-state index in [9.17, 15) is 4.79 Å². The lowest BCUT2D eigenvalue weighted by Gasteiger charge is -2.07. The van der Waals surface area contributed by atoms with Crippen LogP contribution in [0, 0.1) is 0 Å². The third-order valence-corrected chi connectivity index (χ3v) is 5.57. The van der Waals surface area contributed by atoms with Gasteiger partial charge in [-0.2, -0.15) is 10.1 Å². The number of nitrogens with zero attached hydrogens (tertiary/aromatic N) is 5. The predicted octanol–water partition coefficient (Wildman–Crippen LogP) is 3.88. The first kappa shape index (κ1) is 23.2. The largest absolute Gasteiger partial charge is 0.497 e. The second-order valence-corrected chi connectivity index (χ2v) is 8.08. The summed E-state index contributed by atoms with van der Waals surface area (Å²) in [6, 6.07) is 10.0. The molecule has 1 aromatic carbocycles. The van der Waals surface area contributed by atoms with Gasteiger partial charge in [0, 0.05) is 43.5 Å². The summed E-state index contributed by atoms with van der Waals surface area (Å²) in [6.07, 6.45) is 11.5. The molecule has 0 unspecified atom stereocenters. The molecule has 0 saturated heterocycles. The van der Waals surface area contributed by atoms with Crippen LogP contribution >= 0.6 is 0 Å². The molecule has 0 atom stereocenters. The predicted molar refractivity (Wildman–Crippen MR) is 128 cm³/mol. The van der Waals surface area contributed by atoms with Gasteiger partial charge in [-0.15, -0.1) is 0 Å². The number of carbonyl (C=O) groups excluding carboxylic acids is 1. The Kier molecular flexibility index (Phi) is 7.71. The Hall–Kier alpha value is -3.92. The number of hydrogen-bond donors (Lipinski definition) is 3. The molecular weight excluding hydrogens is 434 g/mol. The third-order valence-electron chi connectivity index (χ3n) is 5.57.